The van der Waals surface area contributed by atoms with Crippen LogP contribution in [0.1, 0.15) is 0 Å². The maximum absolute atomic E-state index is 11.2. The van der Waals surface area contributed by atoms with Crippen LogP contribution in [-0.4, -0.2) is 19.6 Å². The highest BCUT2D eigenvalue weighted by molar-refractivity contribution is 5.99. The van der Waals surface area contributed by atoms with Crippen LogP contribution in [0, 0.1) is 6.07 Å². The highest BCUT2D eigenvalue weighted by atomic mass is 16.5. The van der Waals surface area contributed by atoms with Crippen molar-refractivity contribution >= 4 is 11.6 Å². The Morgan fingerprint density at radius 3 is 3.21 bits per heavy atom. The van der Waals surface area contributed by atoms with E-state index >= 15 is 0 Å². The molecular formula is C11H12NO2. The van der Waals surface area contributed by atoms with Crippen molar-refractivity contribution < 1.29 is 9.53 Å². The van der Waals surface area contributed by atoms with Gasteiger partial charge in [0.2, 0.25) is 5.91 Å². The van der Waals surface area contributed by atoms with Crippen LogP contribution in [0.25, 0.3) is 0 Å². The first kappa shape index (κ1) is 10.5. The van der Waals surface area contributed by atoms with E-state index in [1.807, 2.05) is 6.07 Å². The third-order valence-corrected chi connectivity index (χ3v) is 1.51. The van der Waals surface area contributed by atoms with Gasteiger partial charge in [-0.15, -0.1) is 0 Å². The summed E-state index contributed by atoms with van der Waals surface area (Å²) in [6.07, 6.45) is 3.10. The first-order chi connectivity index (χ1) is 6.83. The van der Waals surface area contributed by atoms with Crippen molar-refractivity contribution in [1.29, 1.82) is 0 Å². The van der Waals surface area contributed by atoms with Crippen LogP contribution in [0.3, 0.4) is 0 Å². The molecule has 0 bridgehead atoms. The number of hydrogen-bond acceptors (Lipinski definition) is 2. The maximum Gasteiger partial charge on any atom is 0.248 e. The molecule has 0 aromatic heterocycles. The molecule has 73 valence electrons. The van der Waals surface area contributed by atoms with Crippen molar-refractivity contribution in [3.8, 4) is 0 Å². The van der Waals surface area contributed by atoms with Gasteiger partial charge in [0.05, 0.1) is 6.61 Å². The summed E-state index contributed by atoms with van der Waals surface area (Å²) in [7, 11) is 1.58. The summed E-state index contributed by atoms with van der Waals surface area (Å²) in [6, 6.07) is 9.97. The van der Waals surface area contributed by atoms with E-state index in [2.05, 4.69) is 11.4 Å². The minimum absolute atomic E-state index is 0.165. The maximum atomic E-state index is 11.2. The molecule has 3 heteroatoms. The van der Waals surface area contributed by atoms with Gasteiger partial charge >= 0.3 is 0 Å². The van der Waals surface area contributed by atoms with Crippen molar-refractivity contribution in [2.24, 2.45) is 0 Å². The van der Waals surface area contributed by atoms with Crippen LogP contribution in [0.2, 0.25) is 0 Å². The molecule has 1 N–H and O–H groups in total. The zero-order valence-corrected chi connectivity index (χ0v) is 7.99. The number of methoxy groups -OCH3 is 1. The molecule has 1 amide bonds. The highest BCUT2D eigenvalue weighted by Crippen LogP contribution is 2.03. The molecule has 0 spiro atoms. The molecule has 14 heavy (non-hydrogen) atoms. The quantitative estimate of drug-likeness (QED) is 0.733. The number of rotatable bonds is 4. The van der Waals surface area contributed by atoms with Crippen molar-refractivity contribution in [3.63, 3.8) is 0 Å². The number of carbonyl (C=O) groups excluding carboxylic acids is 1. The lowest BCUT2D eigenvalue weighted by atomic mass is 10.3. The molecule has 1 aromatic carbocycles. The Bertz CT molecular complexity index is 306. The number of ether oxygens (including phenoxy) is 1. The van der Waals surface area contributed by atoms with E-state index in [1.54, 1.807) is 31.4 Å². The predicted octanol–water partition coefficient (Wildman–Crippen LogP) is 1.63. The zero-order valence-electron chi connectivity index (χ0n) is 7.99. The van der Waals surface area contributed by atoms with Gasteiger partial charge in [-0.25, -0.2) is 0 Å². The normalized spacial score (nSPS) is 10.4. The van der Waals surface area contributed by atoms with Crippen LogP contribution in [0.15, 0.2) is 36.4 Å². The number of nitrogens with one attached hydrogen (secondary N) is 1. The van der Waals surface area contributed by atoms with Crippen molar-refractivity contribution in [1.82, 2.24) is 0 Å². The molecule has 1 rings (SSSR count). The molecule has 0 saturated carbocycles. The van der Waals surface area contributed by atoms with Gasteiger partial charge in [0.15, 0.2) is 0 Å². The van der Waals surface area contributed by atoms with Crippen LogP contribution in [0.5, 0.6) is 0 Å². The molecule has 1 radical (unpaired) electrons. The van der Waals surface area contributed by atoms with Gasteiger partial charge in [0.1, 0.15) is 0 Å². The van der Waals surface area contributed by atoms with Gasteiger partial charge < -0.3 is 10.1 Å². The molecule has 0 fully saturated rings. The van der Waals surface area contributed by atoms with Gasteiger partial charge in [-0.3, -0.25) is 4.79 Å². The van der Waals surface area contributed by atoms with Gasteiger partial charge in [-0.1, -0.05) is 18.2 Å². The molecule has 0 aliphatic rings. The monoisotopic (exact) mass is 190 g/mol. The smallest absolute Gasteiger partial charge is 0.248 e. The third kappa shape index (κ3) is 3.87. The second-order valence-corrected chi connectivity index (χ2v) is 2.64. The topological polar surface area (TPSA) is 38.3 Å². The molecule has 0 saturated heterocycles. The fraction of sp³-hybridized carbons (Fsp3) is 0.182. The van der Waals surface area contributed by atoms with E-state index in [9.17, 15) is 4.79 Å². The summed E-state index contributed by atoms with van der Waals surface area (Å²) in [5, 5.41) is 2.69. The number of benzene rings is 1. The van der Waals surface area contributed by atoms with E-state index in [0.717, 1.165) is 5.69 Å². The van der Waals surface area contributed by atoms with Gasteiger partial charge in [-0.05, 0) is 18.2 Å². The zero-order chi connectivity index (χ0) is 10.2. The molecule has 0 unspecified atom stereocenters. The van der Waals surface area contributed by atoms with Crippen molar-refractivity contribution in [2.45, 2.75) is 0 Å². The average Bonchev–Trinajstić information content (AvgIpc) is 2.20. The van der Waals surface area contributed by atoms with Crippen LogP contribution < -0.4 is 5.32 Å². The summed E-state index contributed by atoms with van der Waals surface area (Å²) in [5.41, 5.74) is 0.736. The lowest BCUT2D eigenvalue weighted by molar-refractivity contribution is -0.111. The fourth-order valence-corrected chi connectivity index (χ4v) is 0.906. The Hall–Kier alpha value is -1.61. The van der Waals surface area contributed by atoms with Gasteiger partial charge in [0, 0.05) is 18.9 Å². The Morgan fingerprint density at radius 2 is 2.57 bits per heavy atom. The molecule has 0 aliphatic carbocycles. The second-order valence-electron chi connectivity index (χ2n) is 2.64. The molecule has 1 aromatic rings. The number of hydrogen-bond donors (Lipinski definition) is 1. The van der Waals surface area contributed by atoms with Crippen molar-refractivity contribution in [2.75, 3.05) is 19.0 Å². The number of anilines is 1. The number of carbonyl (C=O) groups is 1. The standard InChI is InChI=1S/C11H12NO2/c1-14-9-5-8-11(13)12-10-6-3-2-4-7-10/h2-3,5-8H,9H2,1H3,(H,12,13). The van der Waals surface area contributed by atoms with Gasteiger partial charge in [-0.2, -0.15) is 0 Å². The molecule has 0 atom stereocenters. The first-order valence-electron chi connectivity index (χ1n) is 4.25. The molecular weight excluding hydrogens is 178 g/mol. The molecule has 0 heterocycles. The lowest BCUT2D eigenvalue weighted by Crippen LogP contribution is -2.07. The Morgan fingerprint density at radius 1 is 1.71 bits per heavy atom. The Balaban J connectivity index is 2.42. The van der Waals surface area contributed by atoms with Crippen molar-refractivity contribution in [3.05, 3.63) is 42.5 Å². The summed E-state index contributed by atoms with van der Waals surface area (Å²) in [5.74, 6) is -0.165. The second kappa shape index (κ2) is 5.94. The SMILES string of the molecule is COCC=CC(=O)Nc1c[c]ccc1. The lowest BCUT2D eigenvalue weighted by Gasteiger charge is -1.99. The largest absolute Gasteiger partial charge is 0.381 e. The number of amides is 1. The van der Waals surface area contributed by atoms with E-state index in [-0.39, 0.29) is 5.91 Å². The summed E-state index contributed by atoms with van der Waals surface area (Å²) >= 11 is 0. The average molecular weight is 190 g/mol. The minimum Gasteiger partial charge on any atom is -0.381 e. The minimum atomic E-state index is -0.165. The molecule has 3 nitrogen and oxygen atoms in total. The fourth-order valence-electron chi connectivity index (χ4n) is 0.906. The first-order valence-corrected chi connectivity index (χ1v) is 4.25. The predicted molar refractivity (Wildman–Crippen MR) is 54.9 cm³/mol. The third-order valence-electron chi connectivity index (χ3n) is 1.51. The Kier molecular flexibility index (Phi) is 4.44. The van der Waals surface area contributed by atoms with Crippen LogP contribution in [-0.2, 0) is 9.53 Å². The van der Waals surface area contributed by atoms with E-state index < -0.39 is 0 Å². The summed E-state index contributed by atoms with van der Waals surface area (Å²) in [6.45, 7) is 0.439. The molecule has 0 aliphatic heterocycles. The Labute approximate surface area is 83.4 Å². The van der Waals surface area contributed by atoms with Gasteiger partial charge in [0.25, 0.3) is 0 Å². The van der Waals surface area contributed by atoms with E-state index in [1.165, 1.54) is 6.08 Å². The highest BCUT2D eigenvalue weighted by Gasteiger charge is 1.94. The summed E-state index contributed by atoms with van der Waals surface area (Å²) in [4.78, 5) is 11.2. The van der Waals surface area contributed by atoms with E-state index in [0.29, 0.717) is 6.61 Å². The summed E-state index contributed by atoms with van der Waals surface area (Å²) < 4.78 is 4.77. The van der Waals surface area contributed by atoms with E-state index in [4.69, 9.17) is 4.74 Å². The van der Waals surface area contributed by atoms with Crippen LogP contribution in [0.4, 0.5) is 5.69 Å². The van der Waals surface area contributed by atoms with Crippen LogP contribution >= 0.6 is 0 Å².